The number of carbonyl (C=O) groups is 2. The molecule has 1 aromatic carbocycles. The van der Waals surface area contributed by atoms with Crippen LogP contribution in [0.4, 0.5) is 0 Å². The zero-order valence-corrected chi connectivity index (χ0v) is 12.0. The molecule has 0 radical (unpaired) electrons. The minimum absolute atomic E-state index is 0.0273. The normalized spacial score (nSPS) is 20.3. The predicted octanol–water partition coefficient (Wildman–Crippen LogP) is 2.34. The van der Waals surface area contributed by atoms with Gasteiger partial charge in [0.05, 0.1) is 7.11 Å². The Balaban J connectivity index is 2.35. The number of carbonyl (C=O) groups excluding carboxylic acids is 2. The minimum atomic E-state index is -0.398. The third-order valence-corrected chi connectivity index (χ3v) is 3.95. The van der Waals surface area contributed by atoms with Crippen LogP contribution in [0.15, 0.2) is 30.3 Å². The molecular formula is C16H21NO3. The van der Waals surface area contributed by atoms with Crippen LogP contribution in [0, 0.1) is 0 Å². The van der Waals surface area contributed by atoms with E-state index in [1.54, 1.807) is 6.92 Å². The van der Waals surface area contributed by atoms with Gasteiger partial charge in [-0.1, -0.05) is 30.3 Å². The molecular weight excluding hydrogens is 254 g/mol. The summed E-state index contributed by atoms with van der Waals surface area (Å²) >= 11 is 0. The van der Waals surface area contributed by atoms with E-state index < -0.39 is 5.92 Å². The smallest absolute Gasteiger partial charge is 0.315 e. The first kappa shape index (κ1) is 14.6. The van der Waals surface area contributed by atoms with Crippen molar-refractivity contribution >= 4 is 11.9 Å². The Morgan fingerprint density at radius 1 is 1.25 bits per heavy atom. The molecule has 1 aliphatic heterocycles. The predicted molar refractivity (Wildman–Crippen MR) is 76.2 cm³/mol. The van der Waals surface area contributed by atoms with E-state index in [-0.39, 0.29) is 17.9 Å². The molecule has 108 valence electrons. The number of piperidine rings is 1. The van der Waals surface area contributed by atoms with Crippen molar-refractivity contribution in [2.45, 2.75) is 38.1 Å². The van der Waals surface area contributed by atoms with Crippen molar-refractivity contribution in [2.75, 3.05) is 13.7 Å². The fraction of sp³-hybridized carbons (Fsp3) is 0.500. The monoisotopic (exact) mass is 275 g/mol. The Morgan fingerprint density at radius 2 is 1.95 bits per heavy atom. The van der Waals surface area contributed by atoms with Crippen LogP contribution < -0.4 is 0 Å². The summed E-state index contributed by atoms with van der Waals surface area (Å²) in [7, 11) is 1.40. The summed E-state index contributed by atoms with van der Waals surface area (Å²) in [4.78, 5) is 25.9. The molecule has 1 amide bonds. The number of methoxy groups -OCH3 is 1. The van der Waals surface area contributed by atoms with E-state index >= 15 is 0 Å². The molecule has 0 N–H and O–H groups in total. The quantitative estimate of drug-likeness (QED) is 0.795. The van der Waals surface area contributed by atoms with Crippen LogP contribution in [-0.2, 0) is 14.3 Å². The van der Waals surface area contributed by atoms with E-state index in [4.69, 9.17) is 4.74 Å². The SMILES string of the molecule is COC(=O)C(c1ccccc1)C1CCCCN1C(C)=O. The summed E-state index contributed by atoms with van der Waals surface area (Å²) in [5.74, 6) is -0.640. The van der Waals surface area contributed by atoms with Gasteiger partial charge >= 0.3 is 5.97 Å². The van der Waals surface area contributed by atoms with Gasteiger partial charge in [0.15, 0.2) is 0 Å². The highest BCUT2D eigenvalue weighted by Crippen LogP contribution is 2.31. The van der Waals surface area contributed by atoms with Crippen molar-refractivity contribution in [3.8, 4) is 0 Å². The number of rotatable bonds is 3. The molecule has 0 aromatic heterocycles. The van der Waals surface area contributed by atoms with E-state index in [9.17, 15) is 9.59 Å². The second-order valence-corrected chi connectivity index (χ2v) is 5.19. The second-order valence-electron chi connectivity index (χ2n) is 5.19. The molecule has 4 nitrogen and oxygen atoms in total. The van der Waals surface area contributed by atoms with Gasteiger partial charge in [0.1, 0.15) is 5.92 Å². The molecule has 2 rings (SSSR count). The lowest BCUT2D eigenvalue weighted by molar-refractivity contribution is -0.146. The largest absolute Gasteiger partial charge is 0.468 e. The molecule has 1 fully saturated rings. The van der Waals surface area contributed by atoms with Crippen LogP contribution >= 0.6 is 0 Å². The Kier molecular flexibility index (Phi) is 4.77. The molecule has 4 heteroatoms. The lowest BCUT2D eigenvalue weighted by Crippen LogP contribution is -2.48. The Hall–Kier alpha value is -1.84. The van der Waals surface area contributed by atoms with Crippen LogP contribution in [0.3, 0.4) is 0 Å². The van der Waals surface area contributed by atoms with Gasteiger partial charge in [-0.2, -0.15) is 0 Å². The maximum Gasteiger partial charge on any atom is 0.315 e. The van der Waals surface area contributed by atoms with E-state index in [2.05, 4.69) is 0 Å². The van der Waals surface area contributed by atoms with E-state index in [1.807, 2.05) is 35.2 Å². The van der Waals surface area contributed by atoms with Gasteiger partial charge in [0, 0.05) is 19.5 Å². The number of hydrogen-bond donors (Lipinski definition) is 0. The number of nitrogens with zero attached hydrogens (tertiary/aromatic N) is 1. The van der Waals surface area contributed by atoms with Gasteiger partial charge in [-0.05, 0) is 24.8 Å². The fourth-order valence-electron chi connectivity index (χ4n) is 3.00. The second kappa shape index (κ2) is 6.55. The topological polar surface area (TPSA) is 46.6 Å². The average Bonchev–Trinajstić information content (AvgIpc) is 2.48. The van der Waals surface area contributed by atoms with Crippen LogP contribution in [0.25, 0.3) is 0 Å². The van der Waals surface area contributed by atoms with Crippen LogP contribution in [0.5, 0.6) is 0 Å². The molecule has 0 bridgehead atoms. The first-order chi connectivity index (χ1) is 9.65. The highest BCUT2D eigenvalue weighted by molar-refractivity contribution is 5.81. The van der Waals surface area contributed by atoms with Crippen molar-refractivity contribution in [2.24, 2.45) is 0 Å². The van der Waals surface area contributed by atoms with Crippen LogP contribution in [0.1, 0.15) is 37.7 Å². The van der Waals surface area contributed by atoms with E-state index in [0.29, 0.717) is 0 Å². The molecule has 2 unspecified atom stereocenters. The molecule has 0 saturated carbocycles. The maximum absolute atomic E-state index is 12.2. The summed E-state index contributed by atoms with van der Waals surface area (Å²) in [5, 5.41) is 0. The van der Waals surface area contributed by atoms with Crippen molar-refractivity contribution < 1.29 is 14.3 Å². The van der Waals surface area contributed by atoms with Crippen LogP contribution in [-0.4, -0.2) is 36.5 Å². The average molecular weight is 275 g/mol. The van der Waals surface area contributed by atoms with Gasteiger partial charge in [-0.25, -0.2) is 0 Å². The van der Waals surface area contributed by atoms with E-state index in [0.717, 1.165) is 31.4 Å². The van der Waals surface area contributed by atoms with Gasteiger partial charge in [-0.15, -0.1) is 0 Å². The molecule has 1 aliphatic rings. The van der Waals surface area contributed by atoms with Crippen LogP contribution in [0.2, 0.25) is 0 Å². The Morgan fingerprint density at radius 3 is 2.55 bits per heavy atom. The summed E-state index contributed by atoms with van der Waals surface area (Å²) in [6, 6.07) is 9.49. The summed E-state index contributed by atoms with van der Waals surface area (Å²) in [6.45, 7) is 2.29. The molecule has 2 atom stereocenters. The first-order valence-corrected chi connectivity index (χ1v) is 7.05. The van der Waals surface area contributed by atoms with Crippen molar-refractivity contribution in [3.05, 3.63) is 35.9 Å². The minimum Gasteiger partial charge on any atom is -0.468 e. The number of benzene rings is 1. The lowest BCUT2D eigenvalue weighted by Gasteiger charge is -2.39. The standard InChI is InChI=1S/C16H21NO3/c1-12(18)17-11-7-6-10-14(17)15(16(19)20-2)13-8-4-3-5-9-13/h3-5,8-9,14-15H,6-7,10-11H2,1-2H3. The molecule has 20 heavy (non-hydrogen) atoms. The highest BCUT2D eigenvalue weighted by atomic mass is 16.5. The van der Waals surface area contributed by atoms with Gasteiger partial charge in [0.2, 0.25) is 5.91 Å². The highest BCUT2D eigenvalue weighted by Gasteiger charge is 2.37. The number of amides is 1. The van der Waals surface area contributed by atoms with E-state index in [1.165, 1.54) is 7.11 Å². The molecule has 1 aromatic rings. The number of hydrogen-bond acceptors (Lipinski definition) is 3. The molecule has 0 spiro atoms. The zero-order chi connectivity index (χ0) is 14.5. The Labute approximate surface area is 119 Å². The van der Waals surface area contributed by atoms with Gasteiger partial charge in [0.25, 0.3) is 0 Å². The third-order valence-electron chi connectivity index (χ3n) is 3.95. The Bertz CT molecular complexity index is 472. The number of likely N-dealkylation sites (tertiary alicyclic amines) is 1. The van der Waals surface area contributed by atoms with Crippen molar-refractivity contribution in [1.29, 1.82) is 0 Å². The van der Waals surface area contributed by atoms with Crippen molar-refractivity contribution in [3.63, 3.8) is 0 Å². The van der Waals surface area contributed by atoms with Gasteiger partial charge in [-0.3, -0.25) is 9.59 Å². The van der Waals surface area contributed by atoms with Gasteiger partial charge < -0.3 is 9.64 Å². The zero-order valence-electron chi connectivity index (χ0n) is 12.0. The third kappa shape index (κ3) is 3.00. The summed E-state index contributed by atoms with van der Waals surface area (Å²) < 4.78 is 4.97. The molecule has 1 heterocycles. The van der Waals surface area contributed by atoms with Crippen molar-refractivity contribution in [1.82, 2.24) is 4.90 Å². The number of ether oxygens (including phenoxy) is 1. The summed E-state index contributed by atoms with van der Waals surface area (Å²) in [5.41, 5.74) is 0.914. The lowest BCUT2D eigenvalue weighted by atomic mass is 9.85. The maximum atomic E-state index is 12.2. The molecule has 0 aliphatic carbocycles. The molecule has 1 saturated heterocycles. The number of esters is 1. The fourth-order valence-corrected chi connectivity index (χ4v) is 3.00. The summed E-state index contributed by atoms with van der Waals surface area (Å²) in [6.07, 6.45) is 2.88. The first-order valence-electron chi connectivity index (χ1n) is 7.05.